The number of guanidine groups is 1. The molecule has 1 aliphatic rings. The normalized spacial score (nSPS) is 18.1. The molecular weight excluding hydrogens is 264 g/mol. The molecule has 2 rings (SSSR count). The van der Waals surface area contributed by atoms with Gasteiger partial charge in [0, 0.05) is 13.1 Å². The second-order valence-corrected chi connectivity index (χ2v) is 5.58. The molecule has 0 amide bonds. The van der Waals surface area contributed by atoms with Crippen LogP contribution in [0.3, 0.4) is 0 Å². The maximum atomic E-state index is 6.10. The van der Waals surface area contributed by atoms with E-state index in [2.05, 4.69) is 34.7 Å². The van der Waals surface area contributed by atoms with E-state index in [1.54, 1.807) is 0 Å². The third kappa shape index (κ3) is 4.00. The van der Waals surface area contributed by atoms with Crippen molar-refractivity contribution in [2.75, 3.05) is 32.7 Å². The number of hydrogen-bond acceptors (Lipinski definition) is 3. The topological polar surface area (TPSA) is 58.0 Å². The first kappa shape index (κ1) is 15.9. The fourth-order valence-electron chi connectivity index (χ4n) is 2.90. The Balaban J connectivity index is 2.11. The van der Waals surface area contributed by atoms with Crippen molar-refractivity contribution in [2.45, 2.75) is 39.7 Å². The van der Waals surface area contributed by atoms with Crippen LogP contribution in [-0.2, 0) is 0 Å². The second-order valence-electron chi connectivity index (χ2n) is 5.58. The number of likely N-dealkylation sites (tertiary alicyclic amines) is 1. The zero-order valence-corrected chi connectivity index (χ0v) is 13.5. The molecule has 1 aliphatic heterocycles. The average Bonchev–Trinajstić information content (AvgIpc) is 3.13. The summed E-state index contributed by atoms with van der Waals surface area (Å²) in [5, 5.41) is 0. The average molecular weight is 292 g/mol. The standard InChI is InChI=1S/C16H28N4O/c1-4-19(5-2)16(17)18-12-14(20-10-6-7-11-20)15-9-8-13(3)21-15/h8-9,14H,4-7,10-12H2,1-3H3,(H2,17,18). The van der Waals surface area contributed by atoms with Gasteiger partial charge in [0.2, 0.25) is 0 Å². The van der Waals surface area contributed by atoms with E-state index >= 15 is 0 Å². The van der Waals surface area contributed by atoms with Crippen molar-refractivity contribution in [3.63, 3.8) is 0 Å². The van der Waals surface area contributed by atoms with E-state index < -0.39 is 0 Å². The predicted molar refractivity (Wildman–Crippen MR) is 86.4 cm³/mol. The zero-order valence-electron chi connectivity index (χ0n) is 13.5. The molecule has 1 atom stereocenters. The quantitative estimate of drug-likeness (QED) is 0.646. The maximum absolute atomic E-state index is 6.10. The van der Waals surface area contributed by atoms with Gasteiger partial charge in [-0.05, 0) is 58.8 Å². The number of aliphatic imine (C=N–C) groups is 1. The van der Waals surface area contributed by atoms with Gasteiger partial charge in [0.05, 0.1) is 12.6 Å². The molecule has 0 radical (unpaired) electrons. The van der Waals surface area contributed by atoms with Gasteiger partial charge in [-0.25, -0.2) is 0 Å². The lowest BCUT2D eigenvalue weighted by molar-refractivity contribution is 0.219. The SMILES string of the molecule is CCN(CC)C(N)=NCC(c1ccc(C)o1)N1CCCC1. The minimum absolute atomic E-state index is 0.204. The number of furan rings is 1. The molecule has 2 heterocycles. The third-order valence-electron chi connectivity index (χ3n) is 4.18. The fourth-order valence-corrected chi connectivity index (χ4v) is 2.90. The lowest BCUT2D eigenvalue weighted by Crippen LogP contribution is -2.38. The molecule has 21 heavy (non-hydrogen) atoms. The highest BCUT2D eigenvalue weighted by atomic mass is 16.3. The van der Waals surface area contributed by atoms with Crippen LogP contribution in [0.15, 0.2) is 21.5 Å². The van der Waals surface area contributed by atoms with Crippen LogP contribution in [0.5, 0.6) is 0 Å². The predicted octanol–water partition coefficient (Wildman–Crippen LogP) is 2.38. The van der Waals surface area contributed by atoms with E-state index in [4.69, 9.17) is 10.2 Å². The number of aryl methyl sites for hydroxylation is 1. The summed E-state index contributed by atoms with van der Waals surface area (Å²) in [6.07, 6.45) is 2.51. The van der Waals surface area contributed by atoms with Crippen molar-refractivity contribution in [3.8, 4) is 0 Å². The lowest BCUT2D eigenvalue weighted by atomic mass is 10.2. The monoisotopic (exact) mass is 292 g/mol. The molecule has 0 aromatic carbocycles. The summed E-state index contributed by atoms with van der Waals surface area (Å²) in [6.45, 7) is 10.9. The first-order valence-electron chi connectivity index (χ1n) is 8.01. The van der Waals surface area contributed by atoms with Crippen LogP contribution in [0.1, 0.15) is 44.3 Å². The summed E-state index contributed by atoms with van der Waals surface area (Å²) in [6, 6.07) is 4.30. The number of nitrogens with two attached hydrogens (primary N) is 1. The lowest BCUT2D eigenvalue weighted by Gasteiger charge is -2.25. The van der Waals surface area contributed by atoms with E-state index in [0.29, 0.717) is 12.5 Å². The van der Waals surface area contributed by atoms with Gasteiger partial charge < -0.3 is 15.1 Å². The highest BCUT2D eigenvalue weighted by molar-refractivity contribution is 5.78. The van der Waals surface area contributed by atoms with Gasteiger partial charge in [0.25, 0.3) is 0 Å². The maximum Gasteiger partial charge on any atom is 0.191 e. The van der Waals surface area contributed by atoms with E-state index in [1.807, 2.05) is 13.0 Å². The van der Waals surface area contributed by atoms with E-state index in [-0.39, 0.29) is 6.04 Å². The molecule has 0 saturated carbocycles. The largest absolute Gasteiger partial charge is 0.465 e. The Labute approximate surface area is 127 Å². The Morgan fingerprint density at radius 2 is 2.00 bits per heavy atom. The van der Waals surface area contributed by atoms with Crippen molar-refractivity contribution < 1.29 is 4.42 Å². The van der Waals surface area contributed by atoms with Gasteiger partial charge in [0.1, 0.15) is 11.5 Å². The molecule has 118 valence electrons. The van der Waals surface area contributed by atoms with Crippen molar-refractivity contribution >= 4 is 5.96 Å². The Hall–Kier alpha value is -1.49. The fraction of sp³-hybridized carbons (Fsp3) is 0.688. The van der Waals surface area contributed by atoms with Gasteiger partial charge in [-0.3, -0.25) is 9.89 Å². The van der Waals surface area contributed by atoms with Crippen molar-refractivity contribution in [1.29, 1.82) is 0 Å². The molecule has 5 nitrogen and oxygen atoms in total. The zero-order chi connectivity index (χ0) is 15.2. The van der Waals surface area contributed by atoms with Crippen LogP contribution in [0.4, 0.5) is 0 Å². The third-order valence-corrected chi connectivity index (χ3v) is 4.18. The van der Waals surface area contributed by atoms with E-state index in [1.165, 1.54) is 12.8 Å². The van der Waals surface area contributed by atoms with E-state index in [9.17, 15) is 0 Å². The summed E-state index contributed by atoms with van der Waals surface area (Å²) in [7, 11) is 0. The molecule has 1 fully saturated rings. The van der Waals surface area contributed by atoms with Gasteiger partial charge in [-0.1, -0.05) is 0 Å². The number of hydrogen-bond donors (Lipinski definition) is 1. The first-order chi connectivity index (χ1) is 10.2. The van der Waals surface area contributed by atoms with Crippen molar-refractivity contribution in [1.82, 2.24) is 9.80 Å². The molecule has 1 aromatic rings. The Kier molecular flexibility index (Phi) is 5.67. The summed E-state index contributed by atoms with van der Waals surface area (Å²) in [5.41, 5.74) is 6.10. The number of rotatable bonds is 6. The summed E-state index contributed by atoms with van der Waals surface area (Å²) in [5.74, 6) is 2.59. The summed E-state index contributed by atoms with van der Waals surface area (Å²) < 4.78 is 5.84. The van der Waals surface area contributed by atoms with Gasteiger partial charge in [-0.15, -0.1) is 0 Å². The Morgan fingerprint density at radius 1 is 1.33 bits per heavy atom. The molecule has 1 saturated heterocycles. The molecular formula is C16H28N4O. The van der Waals surface area contributed by atoms with Crippen LogP contribution >= 0.6 is 0 Å². The Bertz CT molecular complexity index is 459. The molecule has 1 aromatic heterocycles. The summed E-state index contributed by atoms with van der Waals surface area (Å²) >= 11 is 0. The highest BCUT2D eigenvalue weighted by Gasteiger charge is 2.25. The molecule has 5 heteroatoms. The van der Waals surface area contributed by atoms with Crippen molar-refractivity contribution in [3.05, 3.63) is 23.7 Å². The first-order valence-corrected chi connectivity index (χ1v) is 8.01. The van der Waals surface area contributed by atoms with Gasteiger partial charge >= 0.3 is 0 Å². The molecule has 0 bridgehead atoms. The number of nitrogens with zero attached hydrogens (tertiary/aromatic N) is 3. The minimum atomic E-state index is 0.204. The second kappa shape index (κ2) is 7.50. The molecule has 0 aliphatic carbocycles. The summed E-state index contributed by atoms with van der Waals surface area (Å²) in [4.78, 5) is 9.15. The smallest absolute Gasteiger partial charge is 0.191 e. The minimum Gasteiger partial charge on any atom is -0.465 e. The van der Waals surface area contributed by atoms with Crippen LogP contribution in [-0.4, -0.2) is 48.5 Å². The van der Waals surface area contributed by atoms with Gasteiger partial charge in [-0.2, -0.15) is 0 Å². The molecule has 0 spiro atoms. The van der Waals surface area contributed by atoms with Crippen molar-refractivity contribution in [2.24, 2.45) is 10.7 Å². The van der Waals surface area contributed by atoms with Crippen LogP contribution in [0.25, 0.3) is 0 Å². The molecule has 1 unspecified atom stereocenters. The van der Waals surface area contributed by atoms with Crippen LogP contribution in [0, 0.1) is 6.92 Å². The Morgan fingerprint density at radius 3 is 2.52 bits per heavy atom. The van der Waals surface area contributed by atoms with Crippen LogP contribution < -0.4 is 5.73 Å². The highest BCUT2D eigenvalue weighted by Crippen LogP contribution is 2.26. The molecule has 2 N–H and O–H groups in total. The van der Waals surface area contributed by atoms with Crippen LogP contribution in [0.2, 0.25) is 0 Å². The van der Waals surface area contributed by atoms with E-state index in [0.717, 1.165) is 37.7 Å². The van der Waals surface area contributed by atoms with Gasteiger partial charge in [0.15, 0.2) is 5.96 Å².